The zero-order valence-corrected chi connectivity index (χ0v) is 46.0. The Morgan fingerprint density at radius 1 is 0.373 bits per heavy atom. The van der Waals surface area contributed by atoms with E-state index < -0.39 is 16.1 Å². The van der Waals surface area contributed by atoms with Crippen molar-refractivity contribution < 1.29 is 14.2 Å². The second kappa shape index (κ2) is 32.3. The Labute approximate surface area is 411 Å². The summed E-state index contributed by atoms with van der Waals surface area (Å²) in [6.07, 6.45) is 37.2. The van der Waals surface area contributed by atoms with Crippen molar-refractivity contribution in [2.75, 3.05) is 13.2 Å². The molecule has 0 unspecified atom stereocenters. The topological polar surface area (TPSA) is 79.2 Å². The average Bonchev–Trinajstić information content (AvgIpc) is 3.33. The number of aromatic nitrogens is 4. The molecule has 372 valence electrons. The van der Waals surface area contributed by atoms with Crippen LogP contribution in [0, 0.1) is 0 Å². The van der Waals surface area contributed by atoms with E-state index in [9.17, 15) is 0 Å². The first-order valence-corrected chi connectivity index (χ1v) is 34.2. The number of benzene rings is 2. The van der Waals surface area contributed by atoms with Crippen molar-refractivity contribution >= 4 is 16.1 Å². The summed E-state index contributed by atoms with van der Waals surface area (Å²) in [4.78, 5) is 18.5. The molecule has 0 atom stereocenters. The molecule has 0 amide bonds. The molecule has 9 heteroatoms. The summed E-state index contributed by atoms with van der Waals surface area (Å²) in [6, 6.07) is 19.8. The lowest BCUT2D eigenvalue weighted by Gasteiger charge is -2.22. The molecule has 2 aromatic heterocycles. The maximum Gasteiger partial charge on any atom is 0.316 e. The van der Waals surface area contributed by atoms with Crippen LogP contribution in [-0.2, 0) is 12.8 Å². The number of ether oxygens (including phenoxy) is 3. The van der Waals surface area contributed by atoms with Gasteiger partial charge in [0, 0.05) is 52.1 Å². The van der Waals surface area contributed by atoms with E-state index in [1.807, 2.05) is 24.8 Å². The fraction of sp³-hybridized carbons (Fsp3) is 0.655. The molecule has 0 N–H and O–H groups in total. The van der Waals surface area contributed by atoms with Crippen molar-refractivity contribution in [1.82, 2.24) is 19.9 Å². The third-order valence-electron chi connectivity index (χ3n) is 13.7. The number of aryl methyl sites for hydroxylation is 2. The minimum absolute atomic E-state index is 0.460. The predicted octanol–water partition coefficient (Wildman–Crippen LogP) is 18.3. The zero-order chi connectivity index (χ0) is 48.0. The van der Waals surface area contributed by atoms with Gasteiger partial charge in [-0.05, 0) is 85.0 Å². The highest BCUT2D eigenvalue weighted by atomic mass is 28.3. The first-order chi connectivity index (χ1) is 32.6. The maximum absolute atomic E-state index is 7.06. The molecule has 4 aromatic rings. The molecule has 0 saturated heterocycles. The zero-order valence-electron chi connectivity index (χ0n) is 44.0. The molecule has 67 heavy (non-hydrogen) atoms. The number of rotatable bonds is 38. The van der Waals surface area contributed by atoms with E-state index in [1.165, 1.54) is 151 Å². The molecule has 4 rings (SSSR count). The van der Waals surface area contributed by atoms with Gasteiger partial charge in [0.15, 0.2) is 0 Å². The van der Waals surface area contributed by atoms with Gasteiger partial charge in [0.05, 0.1) is 13.2 Å². The van der Waals surface area contributed by atoms with Gasteiger partial charge in [-0.3, -0.25) is 0 Å². The Kier molecular flexibility index (Phi) is 27.0. The third-order valence-corrected chi connectivity index (χ3v) is 20.6. The van der Waals surface area contributed by atoms with Gasteiger partial charge in [-0.15, -0.1) is 0 Å². The number of hydrogen-bond donors (Lipinski definition) is 0. The quantitative estimate of drug-likeness (QED) is 0.0327. The van der Waals surface area contributed by atoms with E-state index in [-0.39, 0.29) is 0 Å². The summed E-state index contributed by atoms with van der Waals surface area (Å²) in [5.41, 5.74) is 6.69. The highest BCUT2D eigenvalue weighted by molar-refractivity contribution is 6.77. The van der Waals surface area contributed by atoms with Crippen molar-refractivity contribution in [3.05, 3.63) is 72.3 Å². The molecule has 0 saturated carbocycles. The Hall–Kier alpha value is -3.57. The van der Waals surface area contributed by atoms with Crippen LogP contribution in [0.2, 0.25) is 50.4 Å². The molecule has 0 aliphatic rings. The minimum atomic E-state index is -1.19. The third kappa shape index (κ3) is 22.6. The number of nitrogens with zero attached hydrogens (tertiary/aromatic N) is 4. The van der Waals surface area contributed by atoms with Crippen LogP contribution in [0.5, 0.6) is 23.5 Å². The molecule has 0 radical (unpaired) electrons. The van der Waals surface area contributed by atoms with Gasteiger partial charge in [0.2, 0.25) is 0 Å². The Bertz CT molecular complexity index is 1770. The van der Waals surface area contributed by atoms with E-state index in [0.29, 0.717) is 25.2 Å². The molecular formula is C58H94N4O3Si2. The van der Waals surface area contributed by atoms with Crippen LogP contribution in [-0.4, -0.2) is 49.3 Å². The standard InChI is InChI=1S/C58H94N4O3Si2/c1-9-13-17-19-21-23-27-37-63-57-59-45-53(46-60-57)49-33-35-55(51(43-49)31-25-29-41-66(5,6)39-15-11-3)65-56-36-34-50(44-52(56)32-26-30-42-67(7,8)40-16-12-4)54-47-61-58(62-48-54)64-38-28-24-22-20-18-14-10-2/h33-36,43-48H,9-32,37-42H2,1-8H3. The SMILES string of the molecule is CCCCCCCCCOc1ncc(-c2ccc(Oc3ccc(-c4cnc(OCCCCCCCCC)nc4)cc3CCCC[Si](C)(C)CCCC)c(CCCC[Si](C)(C)CCCC)c2)cn1. The van der Waals surface area contributed by atoms with Gasteiger partial charge < -0.3 is 14.2 Å². The van der Waals surface area contributed by atoms with Gasteiger partial charge in [-0.1, -0.05) is 206 Å². The van der Waals surface area contributed by atoms with E-state index in [4.69, 9.17) is 14.2 Å². The van der Waals surface area contributed by atoms with Crippen molar-refractivity contribution in [3.63, 3.8) is 0 Å². The van der Waals surface area contributed by atoms with Crippen LogP contribution in [0.25, 0.3) is 22.3 Å². The van der Waals surface area contributed by atoms with Gasteiger partial charge >= 0.3 is 12.0 Å². The number of unbranched alkanes of at least 4 members (excludes halogenated alkanes) is 16. The van der Waals surface area contributed by atoms with Crippen LogP contribution in [0.3, 0.4) is 0 Å². The maximum atomic E-state index is 7.06. The molecule has 2 aromatic carbocycles. The van der Waals surface area contributed by atoms with Crippen molar-refractivity contribution in [2.45, 2.75) is 232 Å². The molecule has 7 nitrogen and oxygen atoms in total. The Balaban J connectivity index is 1.52. The van der Waals surface area contributed by atoms with Crippen LogP contribution in [0.1, 0.15) is 180 Å². The van der Waals surface area contributed by atoms with Crippen LogP contribution in [0.15, 0.2) is 61.2 Å². The van der Waals surface area contributed by atoms with Crippen LogP contribution in [0.4, 0.5) is 0 Å². The molecular weight excluding hydrogens is 857 g/mol. The molecule has 0 spiro atoms. The first-order valence-electron chi connectivity index (χ1n) is 27.4. The highest BCUT2D eigenvalue weighted by Crippen LogP contribution is 2.36. The molecule has 2 heterocycles. The summed E-state index contributed by atoms with van der Waals surface area (Å²) in [5.74, 6) is 1.88. The molecule has 0 aliphatic carbocycles. The summed E-state index contributed by atoms with van der Waals surface area (Å²) < 4.78 is 19.0. The van der Waals surface area contributed by atoms with Crippen molar-refractivity contribution in [1.29, 1.82) is 0 Å². The van der Waals surface area contributed by atoms with Crippen molar-refractivity contribution in [3.8, 4) is 45.8 Å². The number of hydrogen-bond acceptors (Lipinski definition) is 7. The smallest absolute Gasteiger partial charge is 0.316 e. The molecule has 0 aliphatic heterocycles. The minimum Gasteiger partial charge on any atom is -0.463 e. The Morgan fingerprint density at radius 2 is 0.716 bits per heavy atom. The van der Waals surface area contributed by atoms with E-state index in [1.54, 1.807) is 0 Å². The van der Waals surface area contributed by atoms with Crippen LogP contribution >= 0.6 is 0 Å². The fourth-order valence-electron chi connectivity index (χ4n) is 9.15. The lowest BCUT2D eigenvalue weighted by molar-refractivity contribution is 0.281. The Morgan fingerprint density at radius 3 is 1.09 bits per heavy atom. The molecule has 0 fully saturated rings. The van der Waals surface area contributed by atoms with E-state index >= 15 is 0 Å². The van der Waals surface area contributed by atoms with Crippen LogP contribution < -0.4 is 14.2 Å². The summed E-state index contributed by atoms with van der Waals surface area (Å²) in [5, 5.41) is 0. The van der Waals surface area contributed by atoms with E-state index in [2.05, 4.69) is 110 Å². The lowest BCUT2D eigenvalue weighted by atomic mass is 10.00. The largest absolute Gasteiger partial charge is 0.463 e. The van der Waals surface area contributed by atoms with Gasteiger partial charge in [-0.25, -0.2) is 19.9 Å². The fourth-order valence-corrected chi connectivity index (χ4v) is 14.7. The van der Waals surface area contributed by atoms with Gasteiger partial charge in [0.25, 0.3) is 0 Å². The second-order valence-corrected chi connectivity index (χ2v) is 31.8. The van der Waals surface area contributed by atoms with Gasteiger partial charge in [0.1, 0.15) is 11.5 Å². The summed E-state index contributed by atoms with van der Waals surface area (Å²) in [7, 11) is -2.39. The molecule has 0 bridgehead atoms. The average molecular weight is 952 g/mol. The van der Waals surface area contributed by atoms with Gasteiger partial charge in [-0.2, -0.15) is 0 Å². The predicted molar refractivity (Wildman–Crippen MR) is 292 cm³/mol. The second-order valence-electron chi connectivity index (χ2n) is 21.1. The summed E-state index contributed by atoms with van der Waals surface area (Å²) >= 11 is 0. The highest BCUT2D eigenvalue weighted by Gasteiger charge is 2.21. The van der Waals surface area contributed by atoms with E-state index in [0.717, 1.165) is 72.3 Å². The summed E-state index contributed by atoms with van der Waals surface area (Å²) in [6.45, 7) is 20.8. The lowest BCUT2D eigenvalue weighted by Crippen LogP contribution is -2.24. The normalized spacial score (nSPS) is 11.9. The first kappa shape index (κ1) is 56.0. The monoisotopic (exact) mass is 951 g/mol. The van der Waals surface area contributed by atoms with Crippen molar-refractivity contribution in [2.24, 2.45) is 0 Å².